The number of nitrogens with one attached hydrogen (secondary N) is 1. The van der Waals surface area contributed by atoms with Crippen molar-refractivity contribution in [1.29, 1.82) is 0 Å². The third kappa shape index (κ3) is 2.85. The molecular formula is C25H23N3. The Morgan fingerprint density at radius 2 is 1.64 bits per heavy atom. The molecule has 2 aromatic heterocycles. The van der Waals surface area contributed by atoms with E-state index in [9.17, 15) is 0 Å². The zero-order chi connectivity index (χ0) is 18.9. The van der Waals surface area contributed by atoms with Crippen molar-refractivity contribution in [3.8, 4) is 11.3 Å². The molecule has 0 spiro atoms. The predicted octanol–water partition coefficient (Wildman–Crippen LogP) is 5.82. The average molecular weight is 365 g/mol. The first-order valence-corrected chi connectivity index (χ1v) is 9.93. The summed E-state index contributed by atoms with van der Waals surface area (Å²) in [5, 5.41) is 4.99. The Morgan fingerprint density at radius 3 is 2.54 bits per heavy atom. The fraction of sp³-hybridized carbons (Fsp3) is 0.160. The van der Waals surface area contributed by atoms with E-state index in [2.05, 4.69) is 70.6 Å². The molecule has 0 unspecified atom stereocenters. The molecule has 3 nitrogen and oxygen atoms in total. The molecule has 2 heterocycles. The van der Waals surface area contributed by atoms with Crippen LogP contribution in [-0.4, -0.2) is 16.5 Å². The van der Waals surface area contributed by atoms with Gasteiger partial charge in [-0.15, -0.1) is 0 Å². The number of hydrogen-bond donors (Lipinski definition) is 2. The third-order valence-corrected chi connectivity index (χ3v) is 5.57. The zero-order valence-electron chi connectivity index (χ0n) is 15.8. The van der Waals surface area contributed by atoms with Gasteiger partial charge in [-0.05, 0) is 48.9 Å². The topological polar surface area (TPSA) is 54.7 Å². The number of para-hydroxylation sites is 1. The Labute approximate surface area is 164 Å². The Bertz CT molecular complexity index is 1280. The first-order chi connectivity index (χ1) is 13.8. The molecule has 5 rings (SSSR count). The summed E-state index contributed by atoms with van der Waals surface area (Å²) in [6.45, 7) is 0.734. The van der Waals surface area contributed by atoms with Crippen LogP contribution in [0.4, 0.5) is 0 Å². The Hall–Kier alpha value is -3.17. The van der Waals surface area contributed by atoms with Gasteiger partial charge >= 0.3 is 0 Å². The van der Waals surface area contributed by atoms with Gasteiger partial charge in [-0.2, -0.15) is 0 Å². The number of nitrogens with zero attached hydrogens (tertiary/aromatic N) is 1. The highest BCUT2D eigenvalue weighted by atomic mass is 14.7. The SMILES string of the molecule is NCCCCc1c(-c2cnc3ccccc3c2)[nH]c2c1ccc1ccccc12. The lowest BCUT2D eigenvalue weighted by atomic mass is 9.99. The van der Waals surface area contributed by atoms with E-state index in [1.165, 1.54) is 32.9 Å². The summed E-state index contributed by atoms with van der Waals surface area (Å²) in [5.74, 6) is 0. The van der Waals surface area contributed by atoms with Crippen LogP contribution in [0.5, 0.6) is 0 Å². The quantitative estimate of drug-likeness (QED) is 0.386. The second-order valence-corrected chi connectivity index (χ2v) is 7.35. The molecule has 0 saturated heterocycles. The summed E-state index contributed by atoms with van der Waals surface area (Å²) in [7, 11) is 0. The number of benzene rings is 3. The summed E-state index contributed by atoms with van der Waals surface area (Å²) in [6.07, 6.45) is 5.12. The number of aryl methyl sites for hydroxylation is 1. The van der Waals surface area contributed by atoms with Gasteiger partial charge < -0.3 is 10.7 Å². The summed E-state index contributed by atoms with van der Waals surface area (Å²) in [5.41, 5.74) is 11.7. The predicted molar refractivity (Wildman–Crippen MR) is 119 cm³/mol. The maximum absolute atomic E-state index is 5.75. The fourth-order valence-corrected chi connectivity index (χ4v) is 4.15. The van der Waals surface area contributed by atoms with Crippen molar-refractivity contribution in [2.75, 3.05) is 6.54 Å². The lowest BCUT2D eigenvalue weighted by Gasteiger charge is -2.06. The highest BCUT2D eigenvalue weighted by Crippen LogP contribution is 2.35. The van der Waals surface area contributed by atoms with Crippen LogP contribution < -0.4 is 5.73 Å². The maximum atomic E-state index is 5.75. The Balaban J connectivity index is 1.75. The molecule has 0 fully saturated rings. The monoisotopic (exact) mass is 365 g/mol. The molecule has 5 aromatic rings. The molecular weight excluding hydrogens is 342 g/mol. The van der Waals surface area contributed by atoms with Gasteiger partial charge in [0.25, 0.3) is 0 Å². The summed E-state index contributed by atoms with van der Waals surface area (Å²) in [4.78, 5) is 8.43. The number of rotatable bonds is 5. The highest BCUT2D eigenvalue weighted by molar-refractivity contribution is 6.09. The normalized spacial score (nSPS) is 11.6. The molecule has 3 aromatic carbocycles. The number of nitrogens with two attached hydrogens (primary N) is 1. The summed E-state index contributed by atoms with van der Waals surface area (Å²) < 4.78 is 0. The molecule has 3 heteroatoms. The highest BCUT2D eigenvalue weighted by Gasteiger charge is 2.15. The Kier molecular flexibility index (Phi) is 4.30. The largest absolute Gasteiger partial charge is 0.354 e. The lowest BCUT2D eigenvalue weighted by Crippen LogP contribution is -1.99. The molecule has 0 amide bonds. The smallest absolute Gasteiger partial charge is 0.0702 e. The second-order valence-electron chi connectivity index (χ2n) is 7.35. The molecule has 138 valence electrons. The maximum Gasteiger partial charge on any atom is 0.0702 e. The molecule has 0 saturated carbocycles. The van der Waals surface area contributed by atoms with Gasteiger partial charge in [0.2, 0.25) is 0 Å². The van der Waals surface area contributed by atoms with Crippen molar-refractivity contribution in [2.45, 2.75) is 19.3 Å². The van der Waals surface area contributed by atoms with E-state index in [0.717, 1.165) is 42.3 Å². The molecule has 0 radical (unpaired) electrons. The standard InChI is InChI=1S/C25H23N3/c26-14-6-5-10-21-22-13-12-17-7-1-3-9-20(17)25(22)28-24(21)19-15-18-8-2-4-11-23(18)27-16-19/h1-4,7-9,11-13,15-16,28H,5-6,10,14,26H2. The minimum absolute atomic E-state index is 0.734. The van der Waals surface area contributed by atoms with Crippen LogP contribution in [0.2, 0.25) is 0 Å². The molecule has 3 N–H and O–H groups in total. The van der Waals surface area contributed by atoms with Crippen LogP contribution in [0.3, 0.4) is 0 Å². The summed E-state index contributed by atoms with van der Waals surface area (Å²) in [6, 6.07) is 23.5. The van der Waals surface area contributed by atoms with E-state index in [-0.39, 0.29) is 0 Å². The number of fused-ring (bicyclic) bond motifs is 4. The minimum Gasteiger partial charge on any atom is -0.354 e. The minimum atomic E-state index is 0.734. The number of hydrogen-bond acceptors (Lipinski definition) is 2. The van der Waals surface area contributed by atoms with Crippen molar-refractivity contribution in [3.63, 3.8) is 0 Å². The summed E-state index contributed by atoms with van der Waals surface area (Å²) >= 11 is 0. The van der Waals surface area contributed by atoms with Crippen LogP contribution in [0.1, 0.15) is 18.4 Å². The number of aromatic amines is 1. The van der Waals surface area contributed by atoms with Gasteiger partial charge in [0, 0.05) is 27.9 Å². The molecule has 0 aliphatic heterocycles. The van der Waals surface area contributed by atoms with Crippen LogP contribution >= 0.6 is 0 Å². The molecule has 0 atom stereocenters. The number of unbranched alkanes of at least 4 members (excludes halogenated alkanes) is 1. The second kappa shape index (κ2) is 7.10. The van der Waals surface area contributed by atoms with E-state index in [1.54, 1.807) is 0 Å². The fourth-order valence-electron chi connectivity index (χ4n) is 4.15. The molecule has 28 heavy (non-hydrogen) atoms. The first kappa shape index (κ1) is 17.0. The first-order valence-electron chi connectivity index (χ1n) is 9.93. The number of pyridine rings is 1. The van der Waals surface area contributed by atoms with E-state index < -0.39 is 0 Å². The van der Waals surface area contributed by atoms with Gasteiger partial charge in [-0.25, -0.2) is 0 Å². The van der Waals surface area contributed by atoms with Gasteiger partial charge in [-0.1, -0.05) is 54.6 Å². The zero-order valence-corrected chi connectivity index (χ0v) is 15.8. The van der Waals surface area contributed by atoms with Crippen LogP contribution in [-0.2, 0) is 6.42 Å². The van der Waals surface area contributed by atoms with Gasteiger partial charge in [0.15, 0.2) is 0 Å². The lowest BCUT2D eigenvalue weighted by molar-refractivity contribution is 0.748. The van der Waals surface area contributed by atoms with Crippen LogP contribution in [0.25, 0.3) is 43.8 Å². The van der Waals surface area contributed by atoms with E-state index >= 15 is 0 Å². The Morgan fingerprint density at radius 1 is 0.821 bits per heavy atom. The molecule has 0 aliphatic rings. The van der Waals surface area contributed by atoms with Gasteiger partial charge in [0.05, 0.1) is 16.7 Å². The number of H-pyrrole nitrogens is 1. The van der Waals surface area contributed by atoms with E-state index in [4.69, 9.17) is 5.73 Å². The van der Waals surface area contributed by atoms with Crippen molar-refractivity contribution in [3.05, 3.63) is 78.5 Å². The van der Waals surface area contributed by atoms with E-state index in [1.807, 2.05) is 12.3 Å². The van der Waals surface area contributed by atoms with Crippen LogP contribution in [0, 0.1) is 0 Å². The van der Waals surface area contributed by atoms with Gasteiger partial charge in [-0.3, -0.25) is 4.98 Å². The molecule has 0 bridgehead atoms. The van der Waals surface area contributed by atoms with Crippen LogP contribution in [0.15, 0.2) is 72.9 Å². The third-order valence-electron chi connectivity index (χ3n) is 5.57. The number of aromatic nitrogens is 2. The van der Waals surface area contributed by atoms with Crippen molar-refractivity contribution >= 4 is 32.6 Å². The van der Waals surface area contributed by atoms with Crippen molar-refractivity contribution in [1.82, 2.24) is 9.97 Å². The van der Waals surface area contributed by atoms with Crippen molar-refractivity contribution < 1.29 is 0 Å². The average Bonchev–Trinajstić information content (AvgIpc) is 3.13. The van der Waals surface area contributed by atoms with E-state index in [0.29, 0.717) is 0 Å². The van der Waals surface area contributed by atoms with Gasteiger partial charge in [0.1, 0.15) is 0 Å². The van der Waals surface area contributed by atoms with Crippen molar-refractivity contribution in [2.24, 2.45) is 5.73 Å². The molecule has 0 aliphatic carbocycles.